The molecule has 1 N–H and O–H groups in total. The summed E-state index contributed by atoms with van der Waals surface area (Å²) in [6, 6.07) is 8.07. The van der Waals surface area contributed by atoms with Crippen LogP contribution in [0, 0.1) is 5.82 Å². The number of carbonyl (C=O) groups excluding carboxylic acids is 2. The van der Waals surface area contributed by atoms with Crippen LogP contribution in [0.4, 0.5) is 10.1 Å². The van der Waals surface area contributed by atoms with Gasteiger partial charge in [0.25, 0.3) is 5.91 Å². The molecule has 2 saturated heterocycles. The van der Waals surface area contributed by atoms with Gasteiger partial charge in [0.2, 0.25) is 5.91 Å². The summed E-state index contributed by atoms with van der Waals surface area (Å²) in [6.45, 7) is 9.58. The second-order valence-electron chi connectivity index (χ2n) is 9.75. The zero-order chi connectivity index (χ0) is 24.9. The largest absolute Gasteiger partial charge is 0.372 e. The van der Waals surface area contributed by atoms with Gasteiger partial charge in [-0.1, -0.05) is 0 Å². The first-order valence-corrected chi connectivity index (χ1v) is 11.8. The van der Waals surface area contributed by atoms with Gasteiger partial charge in [-0.2, -0.15) is 5.10 Å². The fourth-order valence-electron chi connectivity index (χ4n) is 4.83. The van der Waals surface area contributed by atoms with Crippen LogP contribution in [0.3, 0.4) is 0 Å². The van der Waals surface area contributed by atoms with Crippen LogP contribution in [-0.4, -0.2) is 75.2 Å². The molecule has 2 aromatic heterocycles. The number of hydrogen-bond donors (Lipinski definition) is 1. The minimum atomic E-state index is -0.990. The van der Waals surface area contributed by atoms with Crippen molar-refractivity contribution in [3.63, 3.8) is 0 Å². The Hall–Kier alpha value is -3.53. The first kappa shape index (κ1) is 23.2. The highest BCUT2D eigenvalue weighted by Gasteiger charge is 2.41. The number of anilines is 1. The predicted octanol–water partition coefficient (Wildman–Crippen LogP) is 2.50. The Kier molecular flexibility index (Phi) is 5.71. The first-order valence-electron chi connectivity index (χ1n) is 11.8. The monoisotopic (exact) mass is 480 g/mol. The van der Waals surface area contributed by atoms with Crippen LogP contribution in [0.2, 0.25) is 0 Å². The van der Waals surface area contributed by atoms with Gasteiger partial charge >= 0.3 is 0 Å². The van der Waals surface area contributed by atoms with E-state index in [1.807, 2.05) is 19.9 Å². The molecule has 0 aliphatic carbocycles. The molecule has 0 spiro atoms. The summed E-state index contributed by atoms with van der Waals surface area (Å²) in [7, 11) is 0. The Morgan fingerprint density at radius 2 is 1.86 bits per heavy atom. The summed E-state index contributed by atoms with van der Waals surface area (Å²) in [4.78, 5) is 34.3. The molecule has 0 saturated carbocycles. The zero-order valence-corrected chi connectivity index (χ0v) is 20.3. The first-order chi connectivity index (χ1) is 16.6. The number of imidazole rings is 1. The Bertz CT molecular complexity index is 1280. The molecule has 2 amide bonds. The fraction of sp³-hybridized carbons (Fsp3) is 0.440. The minimum absolute atomic E-state index is 0.0185. The van der Waals surface area contributed by atoms with E-state index in [-0.39, 0.29) is 35.5 Å². The molecule has 2 fully saturated rings. The molecule has 0 unspecified atom stereocenters. The number of nitrogens with zero attached hydrogens (tertiary/aromatic N) is 5. The van der Waals surface area contributed by atoms with Crippen molar-refractivity contribution in [3.05, 3.63) is 48.0 Å². The molecule has 4 heterocycles. The molecule has 2 atom stereocenters. The van der Waals surface area contributed by atoms with E-state index in [1.54, 1.807) is 41.6 Å². The zero-order valence-electron chi connectivity index (χ0n) is 20.3. The topological polar surface area (TPSA) is 92.1 Å². The second-order valence-corrected chi connectivity index (χ2v) is 9.75. The van der Waals surface area contributed by atoms with Crippen molar-refractivity contribution in [2.24, 2.45) is 0 Å². The lowest BCUT2D eigenvalue weighted by molar-refractivity contribution is -0.133. The number of nitrogens with one attached hydrogen (secondary N) is 1. The SMILES string of the molecule is C[C@@H]1CN(c2cc(-c3ccc(F)cc3)nn3cc(C(=O)N4CCNC(=O)C4(C)C)nc23)C[C@H](C)O1. The molecule has 184 valence electrons. The number of fused-ring (bicyclic) bond motifs is 1. The van der Waals surface area contributed by atoms with Crippen LogP contribution in [0.25, 0.3) is 16.9 Å². The average molecular weight is 481 g/mol. The number of ether oxygens (including phenoxy) is 1. The third-order valence-corrected chi connectivity index (χ3v) is 6.62. The summed E-state index contributed by atoms with van der Waals surface area (Å²) in [5, 5.41) is 7.50. The smallest absolute Gasteiger partial charge is 0.275 e. The van der Waals surface area contributed by atoms with Crippen molar-refractivity contribution < 1.29 is 18.7 Å². The molecule has 9 nitrogen and oxygen atoms in total. The standard InChI is InChI=1S/C25H29FN6O3/c1-15-12-30(13-16(2)35-15)21-11-19(17-5-7-18(26)8-6-17)29-32-14-20(28-22(21)32)23(33)31-10-9-27-24(34)25(31,3)4/h5-8,11,14-16H,9-10,12-13H2,1-4H3,(H,27,34)/t15-,16+. The van der Waals surface area contributed by atoms with Crippen LogP contribution in [0.15, 0.2) is 36.5 Å². The van der Waals surface area contributed by atoms with Crippen molar-refractivity contribution in [1.82, 2.24) is 24.8 Å². The van der Waals surface area contributed by atoms with E-state index in [1.165, 1.54) is 12.1 Å². The molecule has 0 bridgehead atoms. The van der Waals surface area contributed by atoms with E-state index in [4.69, 9.17) is 9.84 Å². The Labute approximate surface area is 202 Å². The third-order valence-electron chi connectivity index (χ3n) is 6.62. The quantitative estimate of drug-likeness (QED) is 0.619. The number of amides is 2. The lowest BCUT2D eigenvalue weighted by Gasteiger charge is -2.40. The molecular weight excluding hydrogens is 451 g/mol. The Morgan fingerprint density at radius 3 is 2.54 bits per heavy atom. The fourth-order valence-corrected chi connectivity index (χ4v) is 4.83. The van der Waals surface area contributed by atoms with Crippen molar-refractivity contribution in [2.75, 3.05) is 31.1 Å². The van der Waals surface area contributed by atoms with Crippen LogP contribution in [-0.2, 0) is 9.53 Å². The van der Waals surface area contributed by atoms with Crippen molar-refractivity contribution in [1.29, 1.82) is 0 Å². The molecule has 35 heavy (non-hydrogen) atoms. The summed E-state index contributed by atoms with van der Waals surface area (Å²) < 4.78 is 21.1. The summed E-state index contributed by atoms with van der Waals surface area (Å²) in [5.41, 5.74) is 1.96. The van der Waals surface area contributed by atoms with Gasteiger partial charge in [0, 0.05) is 31.7 Å². The summed E-state index contributed by atoms with van der Waals surface area (Å²) in [5.74, 6) is -0.850. The average Bonchev–Trinajstić information content (AvgIpc) is 3.24. The van der Waals surface area contributed by atoms with Crippen LogP contribution in [0.5, 0.6) is 0 Å². The van der Waals surface area contributed by atoms with Gasteiger partial charge in [-0.15, -0.1) is 0 Å². The van der Waals surface area contributed by atoms with Crippen molar-refractivity contribution in [2.45, 2.75) is 45.4 Å². The van der Waals surface area contributed by atoms with Gasteiger partial charge in [-0.3, -0.25) is 9.59 Å². The molecule has 3 aromatic rings. The number of morpholine rings is 1. The van der Waals surface area contributed by atoms with E-state index in [0.29, 0.717) is 37.5 Å². The number of carbonyl (C=O) groups is 2. The predicted molar refractivity (Wildman–Crippen MR) is 129 cm³/mol. The molecule has 2 aliphatic heterocycles. The Morgan fingerprint density at radius 1 is 1.17 bits per heavy atom. The number of hydrogen-bond acceptors (Lipinski definition) is 6. The van der Waals surface area contributed by atoms with Gasteiger partial charge in [0.1, 0.15) is 17.1 Å². The third kappa shape index (κ3) is 4.22. The maximum Gasteiger partial charge on any atom is 0.275 e. The number of benzene rings is 1. The molecule has 5 rings (SSSR count). The molecule has 0 radical (unpaired) electrons. The number of halogens is 1. The van der Waals surface area contributed by atoms with E-state index in [0.717, 1.165) is 11.3 Å². The van der Waals surface area contributed by atoms with E-state index in [2.05, 4.69) is 15.2 Å². The highest BCUT2D eigenvalue weighted by molar-refractivity contribution is 5.99. The maximum absolute atomic E-state index is 13.5. The van der Waals surface area contributed by atoms with Crippen LogP contribution >= 0.6 is 0 Å². The van der Waals surface area contributed by atoms with Gasteiger partial charge in [-0.25, -0.2) is 13.9 Å². The van der Waals surface area contributed by atoms with E-state index >= 15 is 0 Å². The van der Waals surface area contributed by atoms with Crippen molar-refractivity contribution >= 4 is 23.1 Å². The molecule has 1 aromatic carbocycles. The van der Waals surface area contributed by atoms with Gasteiger partial charge < -0.3 is 19.9 Å². The van der Waals surface area contributed by atoms with Gasteiger partial charge in [0.15, 0.2) is 5.65 Å². The molecular formula is C25H29FN6O3. The second kappa shape index (κ2) is 8.60. The van der Waals surface area contributed by atoms with Gasteiger partial charge in [0.05, 0.1) is 29.8 Å². The maximum atomic E-state index is 13.5. The van der Waals surface area contributed by atoms with Crippen LogP contribution < -0.4 is 10.2 Å². The normalized spacial score (nSPS) is 22.4. The molecule has 10 heteroatoms. The summed E-state index contributed by atoms with van der Waals surface area (Å²) in [6.07, 6.45) is 1.64. The highest BCUT2D eigenvalue weighted by atomic mass is 19.1. The van der Waals surface area contributed by atoms with Gasteiger partial charge in [-0.05, 0) is 58.0 Å². The summed E-state index contributed by atoms with van der Waals surface area (Å²) >= 11 is 0. The van der Waals surface area contributed by atoms with Crippen LogP contribution in [0.1, 0.15) is 38.2 Å². The van der Waals surface area contributed by atoms with E-state index in [9.17, 15) is 14.0 Å². The Balaban J connectivity index is 1.61. The van der Waals surface area contributed by atoms with E-state index < -0.39 is 5.54 Å². The number of aromatic nitrogens is 3. The molecule has 2 aliphatic rings. The van der Waals surface area contributed by atoms with Crippen molar-refractivity contribution in [3.8, 4) is 11.3 Å². The number of rotatable bonds is 3. The minimum Gasteiger partial charge on any atom is -0.372 e. The lowest BCUT2D eigenvalue weighted by atomic mass is 9.98. The lowest BCUT2D eigenvalue weighted by Crippen LogP contribution is -2.63. The number of piperazine rings is 1. The highest BCUT2D eigenvalue weighted by Crippen LogP contribution is 2.30.